The summed E-state index contributed by atoms with van der Waals surface area (Å²) < 4.78 is 0. The van der Waals surface area contributed by atoms with Gasteiger partial charge in [0.05, 0.1) is 0 Å². The van der Waals surface area contributed by atoms with Crippen LogP contribution in [0.3, 0.4) is 0 Å². The summed E-state index contributed by atoms with van der Waals surface area (Å²) in [6.07, 6.45) is 16.9. The van der Waals surface area contributed by atoms with E-state index >= 15 is 0 Å². The van der Waals surface area contributed by atoms with E-state index in [0.29, 0.717) is 6.42 Å². The summed E-state index contributed by atoms with van der Waals surface area (Å²) in [5, 5.41) is 8.49. The van der Waals surface area contributed by atoms with Crippen molar-refractivity contribution in [3.05, 3.63) is 12.2 Å². The molecule has 2 nitrogen and oxygen atoms in total. The number of rotatable bonds is 13. The van der Waals surface area contributed by atoms with Crippen LogP contribution in [0.4, 0.5) is 0 Å². The minimum atomic E-state index is -0.673. The van der Waals surface area contributed by atoms with Gasteiger partial charge in [0.2, 0.25) is 0 Å². The molecular weight excluding hydrogens is 236 g/mol. The molecule has 0 fully saturated rings. The Morgan fingerprint density at radius 2 is 1.42 bits per heavy atom. The molecular formula is C17H32O2. The van der Waals surface area contributed by atoms with Gasteiger partial charge in [0.1, 0.15) is 0 Å². The minimum absolute atomic E-state index is 0.320. The van der Waals surface area contributed by atoms with Crippen LogP contribution >= 0.6 is 0 Å². The van der Waals surface area contributed by atoms with Crippen LogP contribution in [0.1, 0.15) is 84.5 Å². The molecule has 0 aliphatic carbocycles. The Labute approximate surface area is 119 Å². The molecule has 0 saturated carbocycles. The normalized spacial score (nSPS) is 11.5. The van der Waals surface area contributed by atoms with Gasteiger partial charge in [0.25, 0.3) is 0 Å². The largest absolute Gasteiger partial charge is 0.481 e. The van der Waals surface area contributed by atoms with Crippen molar-refractivity contribution in [1.29, 1.82) is 0 Å². The SMILES string of the molecule is CC(C)CCCCCC/C=C\CCCCCC(=O)O. The zero-order valence-corrected chi connectivity index (χ0v) is 12.9. The third kappa shape index (κ3) is 17.2. The maximum absolute atomic E-state index is 10.3. The molecule has 0 aliphatic heterocycles. The van der Waals surface area contributed by atoms with E-state index in [9.17, 15) is 4.79 Å². The predicted octanol–water partition coefficient (Wildman–Crippen LogP) is 5.57. The fraction of sp³-hybridized carbons (Fsp3) is 0.824. The van der Waals surface area contributed by atoms with E-state index in [1.165, 1.54) is 38.5 Å². The Balaban J connectivity index is 3.11. The molecule has 2 heteroatoms. The van der Waals surface area contributed by atoms with Gasteiger partial charge in [-0.05, 0) is 38.0 Å². The van der Waals surface area contributed by atoms with E-state index in [1.54, 1.807) is 0 Å². The summed E-state index contributed by atoms with van der Waals surface area (Å²) in [6, 6.07) is 0. The first-order valence-corrected chi connectivity index (χ1v) is 7.99. The second kappa shape index (κ2) is 13.6. The van der Waals surface area contributed by atoms with E-state index in [0.717, 1.165) is 31.6 Å². The Morgan fingerprint density at radius 1 is 0.895 bits per heavy atom. The molecule has 0 aromatic rings. The Morgan fingerprint density at radius 3 is 1.95 bits per heavy atom. The summed E-state index contributed by atoms with van der Waals surface area (Å²) >= 11 is 0. The van der Waals surface area contributed by atoms with Crippen LogP contribution in [-0.4, -0.2) is 11.1 Å². The summed E-state index contributed by atoms with van der Waals surface area (Å²) in [4.78, 5) is 10.3. The molecule has 0 bridgehead atoms. The van der Waals surface area contributed by atoms with Crippen molar-refractivity contribution in [2.75, 3.05) is 0 Å². The second-order valence-electron chi connectivity index (χ2n) is 5.85. The van der Waals surface area contributed by atoms with E-state index < -0.39 is 5.97 Å². The lowest BCUT2D eigenvalue weighted by atomic mass is 10.0. The molecule has 0 unspecified atom stereocenters. The summed E-state index contributed by atoms with van der Waals surface area (Å²) in [5.41, 5.74) is 0. The van der Waals surface area contributed by atoms with Gasteiger partial charge in [-0.25, -0.2) is 0 Å². The van der Waals surface area contributed by atoms with Crippen molar-refractivity contribution in [2.24, 2.45) is 5.92 Å². The standard InChI is InChI=1S/C17H32O2/c1-16(2)14-12-10-8-6-4-3-5-7-9-11-13-15-17(18)19/h3,5,16H,4,6-15H2,1-2H3,(H,18,19)/b5-3-. The number of hydrogen-bond acceptors (Lipinski definition) is 1. The molecule has 0 aliphatic rings. The number of carboxylic acids is 1. The van der Waals surface area contributed by atoms with Crippen molar-refractivity contribution in [3.8, 4) is 0 Å². The van der Waals surface area contributed by atoms with Crippen LogP contribution in [0, 0.1) is 5.92 Å². The summed E-state index contributed by atoms with van der Waals surface area (Å²) in [5.74, 6) is 0.175. The number of carbonyl (C=O) groups is 1. The fourth-order valence-electron chi connectivity index (χ4n) is 2.12. The first kappa shape index (κ1) is 18.2. The number of carboxylic acid groups (broad SMARTS) is 1. The van der Waals surface area contributed by atoms with Crippen molar-refractivity contribution >= 4 is 5.97 Å². The molecule has 0 aromatic carbocycles. The molecule has 0 saturated heterocycles. The van der Waals surface area contributed by atoms with Crippen molar-refractivity contribution < 1.29 is 9.90 Å². The number of hydrogen-bond donors (Lipinski definition) is 1. The highest BCUT2D eigenvalue weighted by Gasteiger charge is 1.95. The van der Waals surface area contributed by atoms with Gasteiger partial charge in [-0.15, -0.1) is 0 Å². The third-order valence-corrected chi connectivity index (χ3v) is 3.33. The van der Waals surface area contributed by atoms with Gasteiger partial charge < -0.3 is 5.11 Å². The average Bonchev–Trinajstić information content (AvgIpc) is 2.34. The highest BCUT2D eigenvalue weighted by Crippen LogP contribution is 2.11. The van der Waals surface area contributed by atoms with E-state index in [2.05, 4.69) is 26.0 Å². The summed E-state index contributed by atoms with van der Waals surface area (Å²) in [6.45, 7) is 4.58. The van der Waals surface area contributed by atoms with Crippen molar-refractivity contribution in [1.82, 2.24) is 0 Å². The maximum Gasteiger partial charge on any atom is 0.303 e. The van der Waals surface area contributed by atoms with E-state index in [1.807, 2.05) is 0 Å². The first-order valence-electron chi connectivity index (χ1n) is 7.99. The zero-order chi connectivity index (χ0) is 14.3. The van der Waals surface area contributed by atoms with Gasteiger partial charge >= 0.3 is 5.97 Å². The zero-order valence-electron chi connectivity index (χ0n) is 12.9. The van der Waals surface area contributed by atoms with Crippen LogP contribution in [0.2, 0.25) is 0 Å². The van der Waals surface area contributed by atoms with Crippen LogP contribution < -0.4 is 0 Å². The lowest BCUT2D eigenvalue weighted by Gasteiger charge is -2.03. The Hall–Kier alpha value is -0.790. The smallest absolute Gasteiger partial charge is 0.303 e. The third-order valence-electron chi connectivity index (χ3n) is 3.33. The van der Waals surface area contributed by atoms with Crippen LogP contribution in [-0.2, 0) is 4.79 Å². The number of unbranched alkanes of at least 4 members (excludes halogenated alkanes) is 7. The van der Waals surface area contributed by atoms with Crippen LogP contribution in [0.15, 0.2) is 12.2 Å². The average molecular weight is 268 g/mol. The lowest BCUT2D eigenvalue weighted by molar-refractivity contribution is -0.137. The van der Waals surface area contributed by atoms with Gasteiger partial charge in [-0.1, -0.05) is 58.1 Å². The molecule has 0 spiro atoms. The molecule has 0 radical (unpaired) electrons. The number of allylic oxidation sites excluding steroid dienone is 2. The second-order valence-corrected chi connectivity index (χ2v) is 5.85. The monoisotopic (exact) mass is 268 g/mol. The molecule has 0 rings (SSSR count). The Kier molecular flexibility index (Phi) is 13.1. The molecule has 112 valence electrons. The van der Waals surface area contributed by atoms with E-state index in [4.69, 9.17) is 5.11 Å². The molecule has 0 atom stereocenters. The number of aliphatic carboxylic acids is 1. The van der Waals surface area contributed by atoms with Gasteiger partial charge in [0.15, 0.2) is 0 Å². The topological polar surface area (TPSA) is 37.3 Å². The quantitative estimate of drug-likeness (QED) is 0.350. The molecule has 1 N–H and O–H groups in total. The molecule has 0 amide bonds. The fourth-order valence-corrected chi connectivity index (χ4v) is 2.12. The van der Waals surface area contributed by atoms with Crippen molar-refractivity contribution in [3.63, 3.8) is 0 Å². The molecule has 0 aromatic heterocycles. The lowest BCUT2D eigenvalue weighted by Crippen LogP contribution is -1.93. The minimum Gasteiger partial charge on any atom is -0.481 e. The highest BCUT2D eigenvalue weighted by atomic mass is 16.4. The van der Waals surface area contributed by atoms with Crippen LogP contribution in [0.5, 0.6) is 0 Å². The first-order chi connectivity index (χ1) is 9.13. The highest BCUT2D eigenvalue weighted by molar-refractivity contribution is 5.66. The predicted molar refractivity (Wildman–Crippen MR) is 82.4 cm³/mol. The maximum atomic E-state index is 10.3. The van der Waals surface area contributed by atoms with Gasteiger partial charge in [0, 0.05) is 6.42 Å². The molecule has 19 heavy (non-hydrogen) atoms. The van der Waals surface area contributed by atoms with Gasteiger partial charge in [-0.2, -0.15) is 0 Å². The van der Waals surface area contributed by atoms with E-state index in [-0.39, 0.29) is 0 Å². The van der Waals surface area contributed by atoms with Crippen molar-refractivity contribution in [2.45, 2.75) is 84.5 Å². The van der Waals surface area contributed by atoms with Gasteiger partial charge in [-0.3, -0.25) is 4.79 Å². The Bertz CT molecular complexity index is 231. The van der Waals surface area contributed by atoms with Crippen LogP contribution in [0.25, 0.3) is 0 Å². The summed E-state index contributed by atoms with van der Waals surface area (Å²) in [7, 11) is 0. The molecule has 0 heterocycles.